The summed E-state index contributed by atoms with van der Waals surface area (Å²) in [6.45, 7) is 5.25. The summed E-state index contributed by atoms with van der Waals surface area (Å²) in [6, 6.07) is 19.4. The summed E-state index contributed by atoms with van der Waals surface area (Å²) in [5.74, 6) is 1.59. The highest BCUT2D eigenvalue weighted by Crippen LogP contribution is 2.21. The molecule has 0 radical (unpaired) electrons. The summed E-state index contributed by atoms with van der Waals surface area (Å²) in [5.41, 5.74) is 3.89. The molecule has 3 nitrogen and oxygen atoms in total. The Bertz CT molecular complexity index is 757. The Kier molecular flexibility index (Phi) is 5.11. The van der Waals surface area contributed by atoms with Crippen molar-refractivity contribution >= 4 is 0 Å². The SMILES string of the molecule is CC(C)c1ccc(CN[C@H](c2ccccc2)c2nccn2C)cc1. The van der Waals surface area contributed by atoms with Crippen molar-refractivity contribution in [2.75, 3.05) is 0 Å². The minimum absolute atomic E-state index is 0.0796. The van der Waals surface area contributed by atoms with Gasteiger partial charge in [0.2, 0.25) is 0 Å². The van der Waals surface area contributed by atoms with E-state index in [0.29, 0.717) is 5.92 Å². The van der Waals surface area contributed by atoms with Gasteiger partial charge < -0.3 is 4.57 Å². The molecule has 0 unspecified atom stereocenters. The molecule has 3 aromatic rings. The van der Waals surface area contributed by atoms with Crippen LogP contribution in [0.4, 0.5) is 0 Å². The zero-order valence-corrected chi connectivity index (χ0v) is 14.6. The fourth-order valence-corrected chi connectivity index (χ4v) is 2.90. The molecule has 24 heavy (non-hydrogen) atoms. The molecule has 0 amide bonds. The summed E-state index contributed by atoms with van der Waals surface area (Å²) in [5, 5.41) is 3.66. The molecular formula is C21H25N3. The molecule has 3 heteroatoms. The van der Waals surface area contributed by atoms with Gasteiger partial charge in [-0.15, -0.1) is 0 Å². The van der Waals surface area contributed by atoms with Crippen molar-refractivity contribution in [2.24, 2.45) is 7.05 Å². The second kappa shape index (κ2) is 7.45. The second-order valence-corrected chi connectivity index (χ2v) is 6.52. The van der Waals surface area contributed by atoms with Crippen LogP contribution in [0.15, 0.2) is 67.0 Å². The number of benzene rings is 2. The minimum atomic E-state index is 0.0796. The Balaban J connectivity index is 1.79. The van der Waals surface area contributed by atoms with E-state index in [1.165, 1.54) is 16.7 Å². The lowest BCUT2D eigenvalue weighted by Crippen LogP contribution is -2.24. The number of hydrogen-bond donors (Lipinski definition) is 1. The van der Waals surface area contributed by atoms with E-state index in [2.05, 4.69) is 77.2 Å². The number of aromatic nitrogens is 2. The van der Waals surface area contributed by atoms with Gasteiger partial charge in [0, 0.05) is 26.0 Å². The molecule has 2 aromatic carbocycles. The molecule has 0 aliphatic carbocycles. The van der Waals surface area contributed by atoms with Gasteiger partial charge in [0.15, 0.2) is 0 Å². The quantitative estimate of drug-likeness (QED) is 0.729. The zero-order chi connectivity index (χ0) is 16.9. The molecule has 1 heterocycles. The van der Waals surface area contributed by atoms with Crippen LogP contribution in [-0.2, 0) is 13.6 Å². The van der Waals surface area contributed by atoms with Gasteiger partial charge in [0.25, 0.3) is 0 Å². The van der Waals surface area contributed by atoms with Crippen LogP contribution in [0.5, 0.6) is 0 Å². The second-order valence-electron chi connectivity index (χ2n) is 6.52. The van der Waals surface area contributed by atoms with E-state index >= 15 is 0 Å². The van der Waals surface area contributed by atoms with Crippen LogP contribution in [0, 0.1) is 0 Å². The first-order chi connectivity index (χ1) is 11.6. The molecule has 1 aromatic heterocycles. The summed E-state index contributed by atoms with van der Waals surface area (Å²) < 4.78 is 2.08. The first-order valence-electron chi connectivity index (χ1n) is 8.49. The fraction of sp³-hybridized carbons (Fsp3) is 0.286. The average Bonchev–Trinajstić information content (AvgIpc) is 3.02. The van der Waals surface area contributed by atoms with Crippen molar-refractivity contribution in [1.82, 2.24) is 14.9 Å². The van der Waals surface area contributed by atoms with E-state index in [1.54, 1.807) is 0 Å². The number of nitrogens with one attached hydrogen (secondary N) is 1. The number of hydrogen-bond acceptors (Lipinski definition) is 2. The van der Waals surface area contributed by atoms with Gasteiger partial charge in [-0.2, -0.15) is 0 Å². The van der Waals surface area contributed by atoms with E-state index in [9.17, 15) is 0 Å². The highest BCUT2D eigenvalue weighted by Gasteiger charge is 2.17. The number of aryl methyl sites for hydroxylation is 1. The van der Waals surface area contributed by atoms with Gasteiger partial charge >= 0.3 is 0 Å². The molecule has 0 fully saturated rings. The Hall–Kier alpha value is -2.39. The smallest absolute Gasteiger partial charge is 0.130 e. The molecular weight excluding hydrogens is 294 g/mol. The standard InChI is InChI=1S/C21H25N3/c1-16(2)18-11-9-17(10-12-18)15-23-20(19-7-5-4-6-8-19)21-22-13-14-24(21)3/h4-14,16,20,23H,15H2,1-3H3/t20-/m1/s1. The Morgan fingerprint density at radius 2 is 1.67 bits per heavy atom. The molecule has 0 saturated heterocycles. The Morgan fingerprint density at radius 3 is 2.25 bits per heavy atom. The molecule has 0 bridgehead atoms. The highest BCUT2D eigenvalue weighted by atomic mass is 15.1. The minimum Gasteiger partial charge on any atom is -0.336 e. The predicted molar refractivity (Wildman–Crippen MR) is 98.9 cm³/mol. The average molecular weight is 319 g/mol. The van der Waals surface area contributed by atoms with Crippen molar-refractivity contribution < 1.29 is 0 Å². The lowest BCUT2D eigenvalue weighted by Gasteiger charge is -2.19. The number of rotatable bonds is 6. The monoisotopic (exact) mass is 319 g/mol. The van der Waals surface area contributed by atoms with Crippen molar-refractivity contribution in [3.63, 3.8) is 0 Å². The largest absolute Gasteiger partial charge is 0.336 e. The number of imidazole rings is 1. The van der Waals surface area contributed by atoms with Crippen LogP contribution >= 0.6 is 0 Å². The molecule has 124 valence electrons. The maximum absolute atomic E-state index is 4.54. The fourth-order valence-electron chi connectivity index (χ4n) is 2.90. The van der Waals surface area contributed by atoms with Crippen molar-refractivity contribution in [3.8, 4) is 0 Å². The van der Waals surface area contributed by atoms with Crippen LogP contribution in [0.25, 0.3) is 0 Å². The van der Waals surface area contributed by atoms with Crippen LogP contribution in [0.3, 0.4) is 0 Å². The van der Waals surface area contributed by atoms with Gasteiger partial charge in [-0.1, -0.05) is 68.4 Å². The van der Waals surface area contributed by atoms with Gasteiger partial charge in [0.1, 0.15) is 5.82 Å². The zero-order valence-electron chi connectivity index (χ0n) is 14.6. The molecule has 3 rings (SSSR count). The van der Waals surface area contributed by atoms with Crippen LogP contribution < -0.4 is 5.32 Å². The normalized spacial score (nSPS) is 12.5. The Morgan fingerprint density at radius 1 is 0.958 bits per heavy atom. The molecule has 0 aliphatic heterocycles. The first kappa shape index (κ1) is 16.5. The maximum Gasteiger partial charge on any atom is 0.130 e. The highest BCUT2D eigenvalue weighted by molar-refractivity contribution is 5.27. The van der Waals surface area contributed by atoms with Crippen LogP contribution in [-0.4, -0.2) is 9.55 Å². The van der Waals surface area contributed by atoms with Gasteiger partial charge in [-0.05, 0) is 22.6 Å². The molecule has 0 spiro atoms. The van der Waals surface area contributed by atoms with Crippen molar-refractivity contribution in [3.05, 3.63) is 89.5 Å². The summed E-state index contributed by atoms with van der Waals surface area (Å²) in [6.07, 6.45) is 3.84. The van der Waals surface area contributed by atoms with Crippen molar-refractivity contribution in [2.45, 2.75) is 32.4 Å². The van der Waals surface area contributed by atoms with Crippen LogP contribution in [0.1, 0.15) is 48.3 Å². The summed E-state index contributed by atoms with van der Waals surface area (Å²) in [4.78, 5) is 4.54. The third-order valence-corrected chi connectivity index (χ3v) is 4.41. The topological polar surface area (TPSA) is 29.9 Å². The number of nitrogens with zero attached hydrogens (tertiary/aromatic N) is 2. The van der Waals surface area contributed by atoms with E-state index < -0.39 is 0 Å². The summed E-state index contributed by atoms with van der Waals surface area (Å²) >= 11 is 0. The van der Waals surface area contributed by atoms with E-state index in [1.807, 2.05) is 25.5 Å². The van der Waals surface area contributed by atoms with Gasteiger partial charge in [0.05, 0.1) is 6.04 Å². The summed E-state index contributed by atoms with van der Waals surface area (Å²) in [7, 11) is 2.04. The van der Waals surface area contributed by atoms with Gasteiger partial charge in [-0.25, -0.2) is 4.98 Å². The predicted octanol–water partition coefficient (Wildman–Crippen LogP) is 4.42. The van der Waals surface area contributed by atoms with E-state index in [4.69, 9.17) is 0 Å². The molecule has 0 saturated carbocycles. The van der Waals surface area contributed by atoms with Gasteiger partial charge in [-0.3, -0.25) is 5.32 Å². The van der Waals surface area contributed by atoms with E-state index in [0.717, 1.165) is 12.4 Å². The lowest BCUT2D eigenvalue weighted by molar-refractivity contribution is 0.558. The third kappa shape index (κ3) is 3.74. The molecule has 1 N–H and O–H groups in total. The third-order valence-electron chi connectivity index (χ3n) is 4.41. The molecule has 0 aliphatic rings. The first-order valence-corrected chi connectivity index (χ1v) is 8.49. The van der Waals surface area contributed by atoms with Crippen LogP contribution in [0.2, 0.25) is 0 Å². The maximum atomic E-state index is 4.54. The Labute approximate surface area is 144 Å². The van der Waals surface area contributed by atoms with E-state index in [-0.39, 0.29) is 6.04 Å². The van der Waals surface area contributed by atoms with Crippen molar-refractivity contribution in [1.29, 1.82) is 0 Å². The molecule has 1 atom stereocenters. The lowest BCUT2D eigenvalue weighted by atomic mass is 10.0.